The number of ether oxygens (including phenoxy) is 2. The lowest BCUT2D eigenvalue weighted by Crippen LogP contribution is -2.51. The molecule has 0 radical (unpaired) electrons. The number of hydrogen-bond acceptors (Lipinski definition) is 4. The van der Waals surface area contributed by atoms with E-state index < -0.39 is 5.54 Å². The fourth-order valence-corrected chi connectivity index (χ4v) is 1.57. The van der Waals surface area contributed by atoms with Crippen molar-refractivity contribution < 1.29 is 14.3 Å². The number of amides is 1. The van der Waals surface area contributed by atoms with E-state index in [4.69, 9.17) is 15.2 Å². The molecule has 2 unspecified atom stereocenters. The summed E-state index contributed by atoms with van der Waals surface area (Å²) in [7, 11) is 1.76. The molecule has 0 bridgehead atoms. The van der Waals surface area contributed by atoms with E-state index in [0.29, 0.717) is 19.8 Å². The number of primary amides is 1. The molecule has 2 atom stereocenters. The summed E-state index contributed by atoms with van der Waals surface area (Å²) in [6.45, 7) is 7.82. The van der Waals surface area contributed by atoms with E-state index in [1.54, 1.807) is 7.05 Å². The maximum atomic E-state index is 11.3. The van der Waals surface area contributed by atoms with E-state index in [-0.39, 0.29) is 12.0 Å². The zero-order valence-electron chi connectivity index (χ0n) is 12.1. The van der Waals surface area contributed by atoms with Crippen molar-refractivity contribution in [1.82, 2.24) is 5.32 Å². The van der Waals surface area contributed by atoms with Crippen LogP contribution in [0.4, 0.5) is 0 Å². The molecule has 0 spiro atoms. The Kier molecular flexibility index (Phi) is 8.97. The van der Waals surface area contributed by atoms with Crippen LogP contribution in [-0.4, -0.2) is 44.4 Å². The van der Waals surface area contributed by atoms with Gasteiger partial charge in [0, 0.05) is 13.2 Å². The highest BCUT2D eigenvalue weighted by Gasteiger charge is 2.27. The van der Waals surface area contributed by atoms with Crippen molar-refractivity contribution in [3.8, 4) is 0 Å². The molecular weight excluding hydrogens is 232 g/mol. The summed E-state index contributed by atoms with van der Waals surface area (Å²) < 4.78 is 10.9. The van der Waals surface area contributed by atoms with Crippen molar-refractivity contribution in [3.05, 3.63) is 0 Å². The van der Waals surface area contributed by atoms with Gasteiger partial charge in [-0.3, -0.25) is 4.79 Å². The first-order chi connectivity index (χ1) is 8.46. The van der Waals surface area contributed by atoms with Crippen molar-refractivity contribution in [1.29, 1.82) is 0 Å². The third-order valence-corrected chi connectivity index (χ3v) is 3.13. The molecule has 108 valence electrons. The average molecular weight is 260 g/mol. The van der Waals surface area contributed by atoms with E-state index in [2.05, 4.69) is 5.32 Å². The molecule has 0 aromatic heterocycles. The van der Waals surface area contributed by atoms with E-state index in [1.165, 1.54) is 0 Å². The van der Waals surface area contributed by atoms with Gasteiger partial charge >= 0.3 is 0 Å². The fourth-order valence-electron chi connectivity index (χ4n) is 1.57. The second-order valence-electron chi connectivity index (χ2n) is 4.74. The molecule has 5 heteroatoms. The number of nitrogens with one attached hydrogen (secondary N) is 1. The van der Waals surface area contributed by atoms with Crippen molar-refractivity contribution in [2.24, 2.45) is 5.73 Å². The summed E-state index contributed by atoms with van der Waals surface area (Å²) in [4.78, 5) is 11.3. The van der Waals surface area contributed by atoms with Crippen LogP contribution in [0.5, 0.6) is 0 Å². The Morgan fingerprint density at radius 1 is 1.44 bits per heavy atom. The molecule has 0 aromatic rings. The monoisotopic (exact) mass is 260 g/mol. The van der Waals surface area contributed by atoms with Crippen molar-refractivity contribution in [3.63, 3.8) is 0 Å². The first-order valence-electron chi connectivity index (χ1n) is 6.64. The highest BCUT2D eigenvalue weighted by Crippen LogP contribution is 2.13. The molecule has 0 aliphatic carbocycles. The van der Waals surface area contributed by atoms with Gasteiger partial charge in [0.15, 0.2) is 0 Å². The molecule has 18 heavy (non-hydrogen) atoms. The van der Waals surface area contributed by atoms with Crippen LogP contribution in [0, 0.1) is 0 Å². The second kappa shape index (κ2) is 9.30. The van der Waals surface area contributed by atoms with Crippen LogP contribution < -0.4 is 11.1 Å². The van der Waals surface area contributed by atoms with Crippen LogP contribution in [-0.2, 0) is 14.3 Å². The Balaban J connectivity index is 3.64. The zero-order valence-corrected chi connectivity index (χ0v) is 12.1. The molecule has 0 heterocycles. The quantitative estimate of drug-likeness (QED) is 0.545. The first-order valence-corrected chi connectivity index (χ1v) is 6.64. The normalized spacial score (nSPS) is 16.2. The van der Waals surface area contributed by atoms with Crippen molar-refractivity contribution in [2.45, 2.75) is 51.7 Å². The van der Waals surface area contributed by atoms with Crippen molar-refractivity contribution in [2.75, 3.05) is 26.9 Å². The van der Waals surface area contributed by atoms with Crippen molar-refractivity contribution >= 4 is 5.91 Å². The second-order valence-corrected chi connectivity index (χ2v) is 4.74. The highest BCUT2D eigenvalue weighted by atomic mass is 16.5. The zero-order chi connectivity index (χ0) is 14.0. The Labute approximate surface area is 110 Å². The molecule has 3 N–H and O–H groups in total. The van der Waals surface area contributed by atoms with Gasteiger partial charge in [-0.2, -0.15) is 0 Å². The molecule has 1 amide bonds. The summed E-state index contributed by atoms with van der Waals surface area (Å²) in [5.41, 5.74) is 4.74. The third kappa shape index (κ3) is 6.93. The summed E-state index contributed by atoms with van der Waals surface area (Å²) in [5.74, 6) is -0.310. The Hall–Kier alpha value is -0.650. The number of carbonyl (C=O) groups excluding carboxylic acids is 1. The molecule has 0 saturated heterocycles. The minimum absolute atomic E-state index is 0.122. The van der Waals surface area contributed by atoms with Gasteiger partial charge in [-0.15, -0.1) is 0 Å². The highest BCUT2D eigenvalue weighted by molar-refractivity contribution is 5.84. The minimum atomic E-state index is -0.614. The average Bonchev–Trinajstić information content (AvgIpc) is 2.35. The van der Waals surface area contributed by atoms with Gasteiger partial charge in [-0.25, -0.2) is 0 Å². The summed E-state index contributed by atoms with van der Waals surface area (Å²) >= 11 is 0. The van der Waals surface area contributed by atoms with Crippen LogP contribution in [0.15, 0.2) is 0 Å². The molecule has 0 rings (SSSR count). The van der Waals surface area contributed by atoms with Gasteiger partial charge in [0.05, 0.1) is 18.2 Å². The number of nitrogens with two attached hydrogens (primary N) is 1. The SMILES string of the molecule is CCOCC(C)OCCCCC(C)(NC)C(N)=O. The number of unbranched alkanes of at least 4 members (excludes halogenated alkanes) is 1. The van der Waals surface area contributed by atoms with E-state index in [9.17, 15) is 4.79 Å². The predicted octanol–water partition coefficient (Wildman–Crippen LogP) is 1.06. The van der Waals surface area contributed by atoms with Crippen LogP contribution in [0.25, 0.3) is 0 Å². The number of likely N-dealkylation sites (N-methyl/N-ethyl adjacent to an activating group) is 1. The summed E-state index contributed by atoms with van der Waals surface area (Å²) in [6, 6.07) is 0. The molecule has 0 saturated carbocycles. The lowest BCUT2D eigenvalue weighted by Gasteiger charge is -2.25. The van der Waals surface area contributed by atoms with E-state index in [0.717, 1.165) is 19.3 Å². The standard InChI is InChI=1S/C13H28N2O3/c1-5-17-10-11(2)18-9-7-6-8-13(3,15-4)12(14)16/h11,15H,5-10H2,1-4H3,(H2,14,16). The van der Waals surface area contributed by atoms with Gasteiger partial charge in [0.2, 0.25) is 5.91 Å². The van der Waals surface area contributed by atoms with Gasteiger partial charge in [-0.05, 0) is 47.1 Å². The van der Waals surface area contributed by atoms with Gasteiger partial charge in [0.1, 0.15) is 0 Å². The summed E-state index contributed by atoms with van der Waals surface area (Å²) in [6.07, 6.45) is 2.67. The molecule has 0 aromatic carbocycles. The predicted molar refractivity (Wildman–Crippen MR) is 72.4 cm³/mol. The first kappa shape index (κ1) is 17.4. The molecular formula is C13H28N2O3. The van der Waals surface area contributed by atoms with E-state index in [1.807, 2.05) is 20.8 Å². The topological polar surface area (TPSA) is 73.6 Å². The molecule has 0 fully saturated rings. The Morgan fingerprint density at radius 2 is 2.11 bits per heavy atom. The number of carbonyl (C=O) groups is 1. The fraction of sp³-hybridized carbons (Fsp3) is 0.923. The lowest BCUT2D eigenvalue weighted by atomic mass is 9.94. The molecule has 0 aliphatic heterocycles. The van der Waals surface area contributed by atoms with Crippen LogP contribution in [0.2, 0.25) is 0 Å². The summed E-state index contributed by atoms with van der Waals surface area (Å²) in [5, 5.41) is 2.97. The van der Waals surface area contributed by atoms with Gasteiger partial charge in [0.25, 0.3) is 0 Å². The van der Waals surface area contributed by atoms with Crippen LogP contribution in [0.1, 0.15) is 40.0 Å². The Bertz CT molecular complexity index is 236. The molecule has 5 nitrogen and oxygen atoms in total. The lowest BCUT2D eigenvalue weighted by molar-refractivity contribution is -0.123. The third-order valence-electron chi connectivity index (χ3n) is 3.13. The van der Waals surface area contributed by atoms with Gasteiger partial charge < -0.3 is 20.5 Å². The van der Waals surface area contributed by atoms with Crippen LogP contribution >= 0.6 is 0 Å². The van der Waals surface area contributed by atoms with Crippen LogP contribution in [0.3, 0.4) is 0 Å². The van der Waals surface area contributed by atoms with Gasteiger partial charge in [-0.1, -0.05) is 0 Å². The molecule has 0 aliphatic rings. The maximum Gasteiger partial charge on any atom is 0.237 e. The number of rotatable bonds is 11. The smallest absolute Gasteiger partial charge is 0.237 e. The minimum Gasteiger partial charge on any atom is -0.379 e. The maximum absolute atomic E-state index is 11.3. The Morgan fingerprint density at radius 3 is 2.61 bits per heavy atom. The largest absolute Gasteiger partial charge is 0.379 e. The van der Waals surface area contributed by atoms with E-state index >= 15 is 0 Å². The number of hydrogen-bond donors (Lipinski definition) is 2.